The zero-order valence-electron chi connectivity index (χ0n) is 14.3. The van der Waals surface area contributed by atoms with Gasteiger partial charge < -0.3 is 14.6 Å². The Kier molecular flexibility index (Phi) is 4.51. The summed E-state index contributed by atoms with van der Waals surface area (Å²) in [6, 6.07) is 5.19. The van der Waals surface area contributed by atoms with E-state index in [2.05, 4.69) is 15.4 Å². The van der Waals surface area contributed by atoms with Crippen LogP contribution >= 0.6 is 0 Å². The number of anilines is 1. The molecule has 1 N–H and O–H groups in total. The molecule has 2 amide bonds. The van der Waals surface area contributed by atoms with E-state index >= 15 is 0 Å². The van der Waals surface area contributed by atoms with Crippen LogP contribution in [-0.4, -0.2) is 45.1 Å². The van der Waals surface area contributed by atoms with Gasteiger partial charge in [-0.1, -0.05) is 0 Å². The zero-order chi connectivity index (χ0) is 18.0. The van der Waals surface area contributed by atoms with Crippen LogP contribution in [-0.2, 0) is 4.79 Å². The topological polar surface area (TPSA) is 93.3 Å². The Bertz CT molecular complexity index is 898. The first-order valence-corrected chi connectivity index (χ1v) is 7.88. The minimum absolute atomic E-state index is 0.0944. The number of rotatable bonds is 5. The number of pyridine rings is 1. The molecule has 0 aromatic carbocycles. The van der Waals surface area contributed by atoms with E-state index in [-0.39, 0.29) is 30.2 Å². The van der Waals surface area contributed by atoms with Gasteiger partial charge in [0.25, 0.3) is 5.91 Å². The number of hydrogen-bond acceptors (Lipinski definition) is 5. The molecule has 0 aliphatic rings. The highest BCUT2D eigenvalue weighted by atomic mass is 16.3. The molecule has 8 nitrogen and oxygen atoms in total. The normalized spacial score (nSPS) is 11.0. The minimum Gasteiger partial charge on any atom is -0.459 e. The van der Waals surface area contributed by atoms with Gasteiger partial charge in [0.05, 0.1) is 30.9 Å². The van der Waals surface area contributed by atoms with Crippen molar-refractivity contribution >= 4 is 28.5 Å². The quantitative estimate of drug-likeness (QED) is 0.769. The van der Waals surface area contributed by atoms with Gasteiger partial charge in [0, 0.05) is 18.5 Å². The molecule has 3 aromatic heterocycles. The molecule has 0 saturated carbocycles. The van der Waals surface area contributed by atoms with Crippen LogP contribution in [0.2, 0.25) is 0 Å². The first-order valence-electron chi connectivity index (χ1n) is 7.88. The minimum atomic E-state index is -0.355. The van der Waals surface area contributed by atoms with Gasteiger partial charge in [-0.3, -0.25) is 9.59 Å². The third kappa shape index (κ3) is 3.52. The summed E-state index contributed by atoms with van der Waals surface area (Å²) in [6.07, 6.45) is 4.71. The predicted octanol–water partition coefficient (Wildman–Crippen LogP) is 2.32. The Morgan fingerprint density at radius 1 is 1.36 bits per heavy atom. The molecular weight excluding hydrogens is 322 g/mol. The van der Waals surface area contributed by atoms with Gasteiger partial charge in [0.1, 0.15) is 0 Å². The van der Waals surface area contributed by atoms with Gasteiger partial charge in [-0.05, 0) is 32.0 Å². The molecule has 3 rings (SSSR count). The van der Waals surface area contributed by atoms with Crippen LogP contribution < -0.4 is 5.32 Å². The highest BCUT2D eigenvalue weighted by molar-refractivity contribution is 5.98. The number of carbonyl (C=O) groups excluding carboxylic acids is 2. The number of likely N-dealkylation sites (N-methyl/N-ethyl adjacent to an activating group) is 1. The summed E-state index contributed by atoms with van der Waals surface area (Å²) in [6.45, 7) is 3.95. The van der Waals surface area contributed by atoms with E-state index in [0.717, 1.165) is 11.0 Å². The lowest BCUT2D eigenvalue weighted by Crippen LogP contribution is -2.34. The van der Waals surface area contributed by atoms with E-state index in [0.29, 0.717) is 5.69 Å². The second-order valence-corrected chi connectivity index (χ2v) is 6.01. The van der Waals surface area contributed by atoms with Crippen molar-refractivity contribution in [1.29, 1.82) is 0 Å². The molecule has 25 heavy (non-hydrogen) atoms. The third-order valence-electron chi connectivity index (χ3n) is 3.67. The number of nitrogens with one attached hydrogen (secondary N) is 1. The number of hydrogen-bond donors (Lipinski definition) is 1. The molecule has 0 radical (unpaired) electrons. The summed E-state index contributed by atoms with van der Waals surface area (Å²) in [5.41, 5.74) is 1.32. The molecule has 0 saturated heterocycles. The Balaban J connectivity index is 1.66. The van der Waals surface area contributed by atoms with E-state index in [4.69, 9.17) is 4.42 Å². The second kappa shape index (κ2) is 6.76. The van der Waals surface area contributed by atoms with Crippen molar-refractivity contribution < 1.29 is 14.0 Å². The first-order chi connectivity index (χ1) is 12.0. The van der Waals surface area contributed by atoms with Gasteiger partial charge in [-0.15, -0.1) is 0 Å². The highest BCUT2D eigenvalue weighted by Crippen LogP contribution is 2.19. The molecule has 0 aliphatic carbocycles. The third-order valence-corrected chi connectivity index (χ3v) is 3.67. The molecule has 130 valence electrons. The standard InChI is InChI=1S/C17H19N5O3/c1-11(2)22-16-12(8-19-22)7-13(9-18-16)20-15(23)10-21(3)17(24)14-5-4-6-25-14/h4-9,11H,10H2,1-3H3,(H,20,23). The molecule has 0 bridgehead atoms. The Morgan fingerprint density at radius 3 is 2.84 bits per heavy atom. The van der Waals surface area contributed by atoms with Crippen molar-refractivity contribution in [1.82, 2.24) is 19.7 Å². The smallest absolute Gasteiger partial charge is 0.289 e. The lowest BCUT2D eigenvalue weighted by Gasteiger charge is -2.15. The summed E-state index contributed by atoms with van der Waals surface area (Å²) < 4.78 is 6.86. The van der Waals surface area contributed by atoms with Crippen molar-refractivity contribution in [3.63, 3.8) is 0 Å². The highest BCUT2D eigenvalue weighted by Gasteiger charge is 2.17. The van der Waals surface area contributed by atoms with E-state index in [1.54, 1.807) is 37.6 Å². The second-order valence-electron chi connectivity index (χ2n) is 6.01. The fraction of sp³-hybridized carbons (Fsp3) is 0.294. The number of amides is 2. The van der Waals surface area contributed by atoms with Crippen molar-refractivity contribution in [2.45, 2.75) is 19.9 Å². The van der Waals surface area contributed by atoms with Crippen LogP contribution in [0.15, 0.2) is 41.3 Å². The number of fused-ring (bicyclic) bond motifs is 1. The summed E-state index contributed by atoms with van der Waals surface area (Å²) >= 11 is 0. The summed E-state index contributed by atoms with van der Waals surface area (Å²) in [4.78, 5) is 29.9. The molecule has 0 spiro atoms. The fourth-order valence-electron chi connectivity index (χ4n) is 2.46. The van der Waals surface area contributed by atoms with E-state index < -0.39 is 0 Å². The molecule has 8 heteroatoms. The number of furan rings is 1. The average Bonchev–Trinajstić information content (AvgIpc) is 3.23. The monoisotopic (exact) mass is 341 g/mol. The summed E-state index contributed by atoms with van der Waals surface area (Å²) in [5.74, 6) is -0.480. The van der Waals surface area contributed by atoms with Crippen LogP contribution in [0.3, 0.4) is 0 Å². The Labute approximate surface area is 144 Å². The van der Waals surface area contributed by atoms with Gasteiger partial charge >= 0.3 is 0 Å². The van der Waals surface area contributed by atoms with E-state index in [1.165, 1.54) is 11.2 Å². The molecule has 0 atom stereocenters. The van der Waals surface area contributed by atoms with Crippen molar-refractivity contribution in [2.75, 3.05) is 18.9 Å². The van der Waals surface area contributed by atoms with E-state index in [1.807, 2.05) is 18.5 Å². The maximum Gasteiger partial charge on any atom is 0.289 e. The van der Waals surface area contributed by atoms with Crippen LogP contribution in [0.1, 0.15) is 30.4 Å². The number of nitrogens with zero attached hydrogens (tertiary/aromatic N) is 4. The van der Waals surface area contributed by atoms with Gasteiger partial charge in [0.15, 0.2) is 11.4 Å². The van der Waals surface area contributed by atoms with Crippen LogP contribution in [0.25, 0.3) is 11.0 Å². The summed E-state index contributed by atoms with van der Waals surface area (Å²) in [7, 11) is 1.54. The maximum atomic E-state index is 12.2. The maximum absolute atomic E-state index is 12.2. The average molecular weight is 341 g/mol. The molecular formula is C17H19N5O3. The SMILES string of the molecule is CC(C)n1ncc2cc(NC(=O)CN(C)C(=O)c3ccco3)cnc21. The number of carbonyl (C=O) groups is 2. The zero-order valence-corrected chi connectivity index (χ0v) is 14.3. The molecule has 0 unspecified atom stereocenters. The fourth-order valence-corrected chi connectivity index (χ4v) is 2.46. The first kappa shape index (κ1) is 16.7. The Morgan fingerprint density at radius 2 is 2.16 bits per heavy atom. The number of aromatic nitrogens is 3. The Hall–Kier alpha value is -3.16. The largest absolute Gasteiger partial charge is 0.459 e. The van der Waals surface area contributed by atoms with Gasteiger partial charge in [-0.2, -0.15) is 5.10 Å². The van der Waals surface area contributed by atoms with Crippen LogP contribution in [0, 0.1) is 0 Å². The summed E-state index contributed by atoms with van der Waals surface area (Å²) in [5, 5.41) is 7.87. The lowest BCUT2D eigenvalue weighted by molar-refractivity contribution is -0.116. The molecule has 3 heterocycles. The predicted molar refractivity (Wildman–Crippen MR) is 92.2 cm³/mol. The van der Waals surface area contributed by atoms with Crippen molar-refractivity contribution in [2.24, 2.45) is 0 Å². The van der Waals surface area contributed by atoms with Crippen LogP contribution in [0.4, 0.5) is 5.69 Å². The van der Waals surface area contributed by atoms with Crippen LogP contribution in [0.5, 0.6) is 0 Å². The lowest BCUT2D eigenvalue weighted by atomic mass is 10.3. The van der Waals surface area contributed by atoms with Crippen molar-refractivity contribution in [3.8, 4) is 0 Å². The molecule has 0 fully saturated rings. The molecule has 0 aliphatic heterocycles. The van der Waals surface area contributed by atoms with Gasteiger partial charge in [0.2, 0.25) is 5.91 Å². The molecule has 3 aromatic rings. The van der Waals surface area contributed by atoms with E-state index in [9.17, 15) is 9.59 Å². The van der Waals surface area contributed by atoms with Gasteiger partial charge in [-0.25, -0.2) is 9.67 Å². The van der Waals surface area contributed by atoms with Crippen molar-refractivity contribution in [3.05, 3.63) is 42.6 Å².